The van der Waals surface area contributed by atoms with Crippen LogP contribution in [0.15, 0.2) is 50.1 Å². The molecule has 0 amide bonds. The van der Waals surface area contributed by atoms with Crippen LogP contribution in [0.4, 0.5) is 0 Å². The van der Waals surface area contributed by atoms with E-state index in [1.165, 1.54) is 34.6 Å². The van der Waals surface area contributed by atoms with Crippen LogP contribution in [0.3, 0.4) is 0 Å². The average Bonchev–Trinajstić information content (AvgIpc) is 3.33. The normalized spacial score (nSPS) is 11.6. The molecule has 0 fully saturated rings. The molecule has 11 heteroatoms. The Morgan fingerprint density at radius 3 is 2.55 bits per heavy atom. The van der Waals surface area contributed by atoms with Gasteiger partial charge in [-0.3, -0.25) is 18.7 Å². The van der Waals surface area contributed by atoms with Gasteiger partial charge in [-0.25, -0.2) is 9.78 Å². The zero-order chi connectivity index (χ0) is 21.9. The maximum absolute atomic E-state index is 12.9. The molecule has 0 aliphatic carbocycles. The lowest BCUT2D eigenvalue weighted by atomic mass is 10.1. The number of hydrogen-bond donors (Lipinski definition) is 1. The van der Waals surface area contributed by atoms with Crippen molar-refractivity contribution in [2.24, 2.45) is 14.1 Å². The Morgan fingerprint density at radius 1 is 1.06 bits per heavy atom. The molecule has 31 heavy (non-hydrogen) atoms. The van der Waals surface area contributed by atoms with Crippen molar-refractivity contribution < 1.29 is 0 Å². The van der Waals surface area contributed by atoms with E-state index in [1.54, 1.807) is 0 Å². The molecule has 0 bridgehead atoms. The van der Waals surface area contributed by atoms with Crippen molar-refractivity contribution in [2.75, 3.05) is 0 Å². The van der Waals surface area contributed by atoms with Gasteiger partial charge in [-0.15, -0.1) is 11.3 Å². The van der Waals surface area contributed by atoms with Gasteiger partial charge in [-0.05, 0) is 17.2 Å². The maximum Gasteiger partial charge on any atom is 0.332 e. The predicted octanol–water partition coefficient (Wildman–Crippen LogP) is 2.10. The summed E-state index contributed by atoms with van der Waals surface area (Å²) in [4.78, 5) is 49.9. The summed E-state index contributed by atoms with van der Waals surface area (Å²) < 4.78 is 3.68. The fourth-order valence-electron chi connectivity index (χ4n) is 3.61. The van der Waals surface area contributed by atoms with Crippen LogP contribution in [-0.4, -0.2) is 28.7 Å². The van der Waals surface area contributed by atoms with E-state index in [4.69, 9.17) is 11.6 Å². The van der Waals surface area contributed by atoms with Gasteiger partial charge in [0.1, 0.15) is 10.7 Å². The van der Waals surface area contributed by atoms with Crippen LogP contribution in [-0.2, 0) is 20.6 Å². The Hall–Kier alpha value is -3.50. The van der Waals surface area contributed by atoms with Crippen molar-refractivity contribution in [1.29, 1.82) is 0 Å². The summed E-state index contributed by atoms with van der Waals surface area (Å²) in [7, 11) is 2.90. The van der Waals surface area contributed by atoms with Crippen molar-refractivity contribution in [1.82, 2.24) is 28.7 Å². The van der Waals surface area contributed by atoms with Crippen LogP contribution >= 0.6 is 22.9 Å². The first kappa shape index (κ1) is 19.5. The summed E-state index contributed by atoms with van der Waals surface area (Å²) in [5.41, 5.74) is 0.776. The summed E-state index contributed by atoms with van der Waals surface area (Å²) in [5.74, 6) is 0.330. The molecule has 0 saturated carbocycles. The van der Waals surface area contributed by atoms with Gasteiger partial charge < -0.3 is 9.55 Å². The molecule has 4 aromatic heterocycles. The van der Waals surface area contributed by atoms with Crippen molar-refractivity contribution in [3.63, 3.8) is 0 Å². The number of aryl methyl sites for hydroxylation is 1. The van der Waals surface area contributed by atoms with Crippen molar-refractivity contribution in [2.45, 2.75) is 6.54 Å². The third kappa shape index (κ3) is 2.94. The molecule has 4 heterocycles. The minimum atomic E-state index is -0.525. The predicted molar refractivity (Wildman–Crippen MR) is 120 cm³/mol. The SMILES string of the molecule is Cn1c(=O)c2c(nc(Cl)n2Cc2nc3scc(-c4ccccc4)c3c(=O)[nH]2)n(C)c1=O. The van der Waals surface area contributed by atoms with Gasteiger partial charge >= 0.3 is 5.69 Å². The van der Waals surface area contributed by atoms with Gasteiger partial charge in [-0.1, -0.05) is 30.3 Å². The van der Waals surface area contributed by atoms with E-state index in [2.05, 4.69) is 15.0 Å². The van der Waals surface area contributed by atoms with Crippen LogP contribution in [0.1, 0.15) is 5.82 Å². The summed E-state index contributed by atoms with van der Waals surface area (Å²) in [5, 5.41) is 2.43. The number of hydrogen-bond acceptors (Lipinski definition) is 6. The minimum absolute atomic E-state index is 0.0204. The Balaban J connectivity index is 1.67. The number of rotatable bonds is 3. The Morgan fingerprint density at radius 2 is 1.81 bits per heavy atom. The highest BCUT2D eigenvalue weighted by molar-refractivity contribution is 7.17. The molecule has 5 rings (SSSR count). The van der Waals surface area contributed by atoms with E-state index < -0.39 is 11.2 Å². The highest BCUT2D eigenvalue weighted by Gasteiger charge is 2.20. The zero-order valence-electron chi connectivity index (χ0n) is 16.4. The number of nitrogens with one attached hydrogen (secondary N) is 1. The monoisotopic (exact) mass is 454 g/mol. The highest BCUT2D eigenvalue weighted by atomic mass is 35.5. The second-order valence-electron chi connectivity index (χ2n) is 7.05. The molecule has 156 valence electrons. The van der Waals surface area contributed by atoms with Crippen LogP contribution in [0.25, 0.3) is 32.5 Å². The largest absolute Gasteiger partial charge is 0.332 e. The van der Waals surface area contributed by atoms with E-state index in [0.717, 1.165) is 15.7 Å². The number of halogens is 1. The van der Waals surface area contributed by atoms with Crippen molar-refractivity contribution in [3.8, 4) is 11.1 Å². The topological polar surface area (TPSA) is 108 Å². The molecule has 5 aromatic rings. The van der Waals surface area contributed by atoms with Crippen LogP contribution in [0.2, 0.25) is 5.28 Å². The van der Waals surface area contributed by atoms with Gasteiger partial charge in [0.25, 0.3) is 11.1 Å². The molecule has 0 unspecified atom stereocenters. The number of H-pyrrole nitrogens is 1. The van der Waals surface area contributed by atoms with Gasteiger partial charge in [0.2, 0.25) is 5.28 Å². The second-order valence-corrected chi connectivity index (χ2v) is 8.25. The number of fused-ring (bicyclic) bond motifs is 2. The Kier molecular flexibility index (Phi) is 4.42. The number of aromatic nitrogens is 6. The molecule has 0 atom stereocenters. The lowest BCUT2D eigenvalue weighted by Gasteiger charge is -2.07. The summed E-state index contributed by atoms with van der Waals surface area (Å²) >= 11 is 7.65. The van der Waals surface area contributed by atoms with Gasteiger partial charge in [0.15, 0.2) is 11.2 Å². The number of aromatic amines is 1. The number of thiophene rings is 1. The maximum atomic E-state index is 12.9. The second kappa shape index (κ2) is 7.03. The fourth-order valence-corrected chi connectivity index (χ4v) is 4.80. The summed E-state index contributed by atoms with van der Waals surface area (Å²) in [6.07, 6.45) is 0. The van der Waals surface area contributed by atoms with Crippen LogP contribution in [0.5, 0.6) is 0 Å². The highest BCUT2D eigenvalue weighted by Crippen LogP contribution is 2.30. The third-order valence-corrected chi connectivity index (χ3v) is 6.35. The first-order valence-corrected chi connectivity index (χ1v) is 10.5. The molecule has 0 aliphatic heterocycles. The lowest BCUT2D eigenvalue weighted by molar-refractivity contribution is 0.698. The number of benzene rings is 1. The van der Waals surface area contributed by atoms with Gasteiger partial charge in [0.05, 0.1) is 11.9 Å². The number of imidazole rings is 1. The molecule has 9 nitrogen and oxygen atoms in total. The summed E-state index contributed by atoms with van der Waals surface area (Å²) in [6.45, 7) is 0.0204. The van der Waals surface area contributed by atoms with E-state index in [1.807, 2.05) is 35.7 Å². The Bertz CT molecular complexity index is 1660. The molecule has 0 aliphatic rings. The Labute approximate surface area is 182 Å². The van der Waals surface area contributed by atoms with Gasteiger partial charge in [-0.2, -0.15) is 4.98 Å². The molecule has 1 N–H and O–H groups in total. The molecule has 1 aromatic carbocycles. The quantitative estimate of drug-likeness (QED) is 0.420. The fraction of sp³-hybridized carbons (Fsp3) is 0.150. The molecular weight excluding hydrogens is 440 g/mol. The van der Waals surface area contributed by atoms with Crippen LogP contribution in [0, 0.1) is 0 Å². The summed E-state index contributed by atoms with van der Waals surface area (Å²) in [6, 6.07) is 9.61. The van der Waals surface area contributed by atoms with E-state index in [-0.39, 0.29) is 28.6 Å². The first-order chi connectivity index (χ1) is 14.9. The van der Waals surface area contributed by atoms with Gasteiger partial charge in [0, 0.05) is 25.0 Å². The molecular formula is C20H15ClN6O3S. The van der Waals surface area contributed by atoms with Crippen LogP contribution < -0.4 is 16.8 Å². The smallest absolute Gasteiger partial charge is 0.308 e. The van der Waals surface area contributed by atoms with E-state index in [9.17, 15) is 14.4 Å². The number of nitrogens with zero attached hydrogens (tertiary/aromatic N) is 5. The molecule has 0 saturated heterocycles. The third-order valence-electron chi connectivity index (χ3n) is 5.19. The lowest BCUT2D eigenvalue weighted by Crippen LogP contribution is -2.37. The molecule has 0 radical (unpaired) electrons. The molecule has 0 spiro atoms. The van der Waals surface area contributed by atoms with Crippen molar-refractivity contribution in [3.05, 3.63) is 78.0 Å². The van der Waals surface area contributed by atoms with E-state index >= 15 is 0 Å². The average molecular weight is 455 g/mol. The standard InChI is InChI=1S/C20H15ClN6O3S/c1-25-15-14(18(29)26(2)20(25)30)27(19(21)24-15)8-12-22-16(28)13-11(9-31-17(13)23-12)10-6-4-3-5-7-10/h3-7,9H,8H2,1-2H3,(H,22,23,28). The van der Waals surface area contributed by atoms with E-state index in [0.29, 0.717) is 16.0 Å². The first-order valence-electron chi connectivity index (χ1n) is 9.24. The zero-order valence-corrected chi connectivity index (χ0v) is 18.0. The van der Waals surface area contributed by atoms with Crippen molar-refractivity contribution >= 4 is 44.3 Å². The minimum Gasteiger partial charge on any atom is -0.308 e.